The minimum atomic E-state index is -0.698. The van der Waals surface area contributed by atoms with Crippen molar-refractivity contribution in [2.75, 3.05) is 7.11 Å². The molecule has 2 rings (SSSR count). The van der Waals surface area contributed by atoms with Gasteiger partial charge in [0.1, 0.15) is 0 Å². The van der Waals surface area contributed by atoms with Crippen LogP contribution >= 0.6 is 0 Å². The summed E-state index contributed by atoms with van der Waals surface area (Å²) in [6.45, 7) is 1.91. The number of aromatic amines is 1. The van der Waals surface area contributed by atoms with Gasteiger partial charge in [-0.25, -0.2) is 0 Å². The lowest BCUT2D eigenvalue weighted by atomic mass is 10.0. The van der Waals surface area contributed by atoms with Crippen LogP contribution in [0.2, 0.25) is 0 Å². The summed E-state index contributed by atoms with van der Waals surface area (Å²) in [6, 6.07) is 7.77. The number of nitrogens with one attached hydrogen (secondary N) is 1. The summed E-state index contributed by atoms with van der Waals surface area (Å²) in [4.78, 5) is 14.5. The lowest BCUT2D eigenvalue weighted by molar-refractivity contribution is -0.128. The van der Waals surface area contributed by atoms with E-state index in [2.05, 4.69) is 4.98 Å². The summed E-state index contributed by atoms with van der Waals surface area (Å²) < 4.78 is 5.15. The van der Waals surface area contributed by atoms with Crippen molar-refractivity contribution in [2.45, 2.75) is 13.0 Å². The highest BCUT2D eigenvalue weighted by molar-refractivity contribution is 5.91. The predicted octanol–water partition coefficient (Wildman–Crippen LogP) is 1.65. The first-order valence-electron chi connectivity index (χ1n) is 5.04. The summed E-state index contributed by atoms with van der Waals surface area (Å²) in [6.07, 6.45) is -0.698. The van der Waals surface area contributed by atoms with Crippen LogP contribution in [0.25, 0.3) is 10.9 Å². The molecule has 2 aromatic rings. The number of aryl methyl sites for hydroxylation is 1. The van der Waals surface area contributed by atoms with Crippen LogP contribution in [-0.2, 0) is 9.53 Å². The molecule has 0 saturated carbocycles. The topological polar surface area (TPSA) is 68.1 Å². The normalized spacial score (nSPS) is 12.9. The maximum atomic E-state index is 11.3. The van der Waals surface area contributed by atoms with Gasteiger partial charge in [0.2, 0.25) is 0 Å². The minimum absolute atomic E-state index is 0.477. The number of hydrogen-bond acceptors (Lipinski definition) is 2. The SMILES string of the molecule is COC(C(N)=O)c1c(C)[nH]c2ccccc12. The third-order valence-electron chi connectivity index (χ3n) is 2.70. The number of primary amides is 1. The maximum absolute atomic E-state index is 11.3. The van der Waals surface area contributed by atoms with Gasteiger partial charge in [-0.05, 0) is 13.0 Å². The molecule has 1 heterocycles. The minimum Gasteiger partial charge on any atom is -0.367 e. The number of methoxy groups -OCH3 is 1. The van der Waals surface area contributed by atoms with E-state index in [1.807, 2.05) is 31.2 Å². The summed E-state index contributed by atoms with van der Waals surface area (Å²) in [5, 5.41) is 0.977. The van der Waals surface area contributed by atoms with Crippen molar-refractivity contribution in [3.05, 3.63) is 35.5 Å². The molecule has 0 saturated heterocycles. The molecule has 16 heavy (non-hydrogen) atoms. The monoisotopic (exact) mass is 218 g/mol. The van der Waals surface area contributed by atoms with E-state index in [1.165, 1.54) is 7.11 Å². The summed E-state index contributed by atoms with van der Waals surface area (Å²) >= 11 is 0. The molecule has 0 spiro atoms. The highest BCUT2D eigenvalue weighted by atomic mass is 16.5. The highest BCUT2D eigenvalue weighted by Gasteiger charge is 2.22. The number of aromatic nitrogens is 1. The average Bonchev–Trinajstić information content (AvgIpc) is 2.57. The van der Waals surface area contributed by atoms with E-state index in [9.17, 15) is 4.79 Å². The zero-order valence-corrected chi connectivity index (χ0v) is 9.28. The Bertz CT molecular complexity index is 531. The van der Waals surface area contributed by atoms with E-state index in [0.717, 1.165) is 22.2 Å². The van der Waals surface area contributed by atoms with Crippen molar-refractivity contribution in [3.8, 4) is 0 Å². The Labute approximate surface area is 93.4 Å². The van der Waals surface area contributed by atoms with Crippen LogP contribution in [-0.4, -0.2) is 18.0 Å². The van der Waals surface area contributed by atoms with Crippen molar-refractivity contribution in [1.82, 2.24) is 4.98 Å². The Morgan fingerprint density at radius 1 is 1.44 bits per heavy atom. The summed E-state index contributed by atoms with van der Waals surface area (Å²) in [5.74, 6) is -0.477. The van der Waals surface area contributed by atoms with Gasteiger partial charge in [0.05, 0.1) is 0 Å². The lowest BCUT2D eigenvalue weighted by Gasteiger charge is -2.11. The van der Waals surface area contributed by atoms with E-state index < -0.39 is 12.0 Å². The van der Waals surface area contributed by atoms with Gasteiger partial charge < -0.3 is 15.5 Å². The molecule has 0 fully saturated rings. The molecular formula is C12H14N2O2. The van der Waals surface area contributed by atoms with Crippen molar-refractivity contribution in [1.29, 1.82) is 0 Å². The molecule has 0 bridgehead atoms. The standard InChI is InChI=1S/C12H14N2O2/c1-7-10(11(16-2)12(13)15)8-5-3-4-6-9(8)14-7/h3-6,11,14H,1-2H3,(H2,13,15). The summed E-state index contributed by atoms with van der Waals surface area (Å²) in [7, 11) is 1.48. The number of carbonyl (C=O) groups is 1. The quantitative estimate of drug-likeness (QED) is 0.822. The molecule has 3 N–H and O–H groups in total. The van der Waals surface area contributed by atoms with Gasteiger partial charge in [-0.3, -0.25) is 4.79 Å². The summed E-state index contributed by atoms with van der Waals surface area (Å²) in [5.41, 5.74) is 8.04. The van der Waals surface area contributed by atoms with Crippen molar-refractivity contribution >= 4 is 16.8 Å². The molecule has 4 heteroatoms. The van der Waals surface area contributed by atoms with Gasteiger partial charge in [-0.2, -0.15) is 0 Å². The molecular weight excluding hydrogens is 204 g/mol. The third kappa shape index (κ3) is 1.57. The van der Waals surface area contributed by atoms with Gasteiger partial charge in [0.25, 0.3) is 5.91 Å². The first kappa shape index (κ1) is 10.7. The number of hydrogen-bond donors (Lipinski definition) is 2. The molecule has 1 aromatic heterocycles. The number of nitrogens with two attached hydrogens (primary N) is 1. The van der Waals surface area contributed by atoms with Crippen LogP contribution in [0, 0.1) is 6.92 Å². The first-order chi connectivity index (χ1) is 7.65. The second kappa shape index (κ2) is 3.98. The van der Waals surface area contributed by atoms with Crippen LogP contribution in [0.1, 0.15) is 17.4 Å². The zero-order chi connectivity index (χ0) is 11.7. The second-order valence-corrected chi connectivity index (χ2v) is 3.73. The zero-order valence-electron chi connectivity index (χ0n) is 9.28. The molecule has 1 atom stereocenters. The molecule has 1 amide bonds. The number of fused-ring (bicyclic) bond motifs is 1. The average molecular weight is 218 g/mol. The maximum Gasteiger partial charge on any atom is 0.251 e. The second-order valence-electron chi connectivity index (χ2n) is 3.73. The molecule has 0 aliphatic carbocycles. The molecule has 0 aliphatic rings. The molecule has 1 aromatic carbocycles. The van der Waals surface area contributed by atoms with Crippen molar-refractivity contribution in [3.63, 3.8) is 0 Å². The highest BCUT2D eigenvalue weighted by Crippen LogP contribution is 2.29. The fraction of sp³-hybridized carbons (Fsp3) is 0.250. The van der Waals surface area contributed by atoms with Crippen molar-refractivity contribution in [2.24, 2.45) is 5.73 Å². The van der Waals surface area contributed by atoms with Gasteiger partial charge in [-0.15, -0.1) is 0 Å². The van der Waals surface area contributed by atoms with E-state index in [4.69, 9.17) is 10.5 Å². The number of carbonyl (C=O) groups excluding carboxylic acids is 1. The predicted molar refractivity (Wildman–Crippen MR) is 62.0 cm³/mol. The first-order valence-corrected chi connectivity index (χ1v) is 5.04. The van der Waals surface area contributed by atoms with E-state index >= 15 is 0 Å². The number of para-hydroxylation sites is 1. The van der Waals surface area contributed by atoms with Crippen LogP contribution in [0.5, 0.6) is 0 Å². The van der Waals surface area contributed by atoms with Crippen LogP contribution < -0.4 is 5.73 Å². The van der Waals surface area contributed by atoms with E-state index in [-0.39, 0.29) is 0 Å². The lowest BCUT2D eigenvalue weighted by Crippen LogP contribution is -2.23. The number of H-pyrrole nitrogens is 1. The molecule has 0 radical (unpaired) electrons. The van der Waals surface area contributed by atoms with Crippen LogP contribution in [0.4, 0.5) is 0 Å². The van der Waals surface area contributed by atoms with E-state index in [0.29, 0.717) is 0 Å². The Kier molecular flexibility index (Phi) is 2.66. The Hall–Kier alpha value is -1.81. The number of rotatable bonds is 3. The largest absolute Gasteiger partial charge is 0.367 e. The van der Waals surface area contributed by atoms with Gasteiger partial charge in [0, 0.05) is 29.3 Å². The Morgan fingerprint density at radius 2 is 2.12 bits per heavy atom. The van der Waals surface area contributed by atoms with Gasteiger partial charge >= 0.3 is 0 Å². The number of amides is 1. The molecule has 4 nitrogen and oxygen atoms in total. The van der Waals surface area contributed by atoms with Gasteiger partial charge in [-0.1, -0.05) is 18.2 Å². The number of ether oxygens (including phenoxy) is 1. The fourth-order valence-electron chi connectivity index (χ4n) is 2.01. The molecule has 1 unspecified atom stereocenters. The molecule has 0 aliphatic heterocycles. The number of benzene rings is 1. The smallest absolute Gasteiger partial charge is 0.251 e. The Morgan fingerprint density at radius 3 is 2.75 bits per heavy atom. The molecule has 84 valence electrons. The Balaban J connectivity index is 2.66. The van der Waals surface area contributed by atoms with Crippen molar-refractivity contribution < 1.29 is 9.53 Å². The van der Waals surface area contributed by atoms with Crippen LogP contribution in [0.3, 0.4) is 0 Å². The third-order valence-corrected chi connectivity index (χ3v) is 2.70. The van der Waals surface area contributed by atoms with E-state index in [1.54, 1.807) is 0 Å². The van der Waals surface area contributed by atoms with Gasteiger partial charge in [0.15, 0.2) is 6.10 Å². The van der Waals surface area contributed by atoms with Crippen LogP contribution in [0.15, 0.2) is 24.3 Å². The fourth-order valence-corrected chi connectivity index (χ4v) is 2.01.